The molecule has 0 nitrogen and oxygen atoms in total. The predicted octanol–water partition coefficient (Wildman–Crippen LogP) is 6.37. The van der Waals surface area contributed by atoms with Gasteiger partial charge in [0.2, 0.25) is 0 Å². The molecule has 0 aromatic heterocycles. The van der Waals surface area contributed by atoms with Gasteiger partial charge in [-0.1, -0.05) is 91.4 Å². The molecule has 0 saturated carbocycles. The minimum absolute atomic E-state index is 1.02. The molecule has 0 aliphatic heterocycles. The quantitative estimate of drug-likeness (QED) is 0.561. The van der Waals surface area contributed by atoms with Gasteiger partial charge in [-0.3, -0.25) is 0 Å². The van der Waals surface area contributed by atoms with Crippen molar-refractivity contribution in [1.29, 1.82) is 0 Å². The summed E-state index contributed by atoms with van der Waals surface area (Å²) in [7, 11) is 0. The zero-order valence-corrected chi connectivity index (χ0v) is 13.8. The molecule has 0 heterocycles. The molecule has 0 saturated heterocycles. The Morgan fingerprint density at radius 3 is 1.82 bits per heavy atom. The molecule has 2 aromatic rings. The summed E-state index contributed by atoms with van der Waals surface area (Å²) < 4.78 is 0. The first-order valence-corrected chi connectivity index (χ1v) is 7.81. The van der Waals surface area contributed by atoms with Crippen LogP contribution in [-0.4, -0.2) is 0 Å². The second-order valence-corrected chi connectivity index (χ2v) is 5.66. The highest BCUT2D eigenvalue weighted by Crippen LogP contribution is 2.21. The maximum Gasteiger partial charge on any atom is -0.0187 e. The monoisotopic (exact) mass is 288 g/mol. The Hall–Kier alpha value is -2.34. The predicted molar refractivity (Wildman–Crippen MR) is 98.8 cm³/mol. The Morgan fingerprint density at radius 1 is 0.818 bits per heavy atom. The lowest BCUT2D eigenvalue weighted by Gasteiger charge is -2.05. The Morgan fingerprint density at radius 2 is 1.32 bits per heavy atom. The molecule has 22 heavy (non-hydrogen) atoms. The largest absolute Gasteiger partial charge is 0.0912 e. The number of benzene rings is 2. The van der Waals surface area contributed by atoms with E-state index in [1.165, 1.54) is 27.8 Å². The number of aryl methyl sites for hydroxylation is 2. The van der Waals surface area contributed by atoms with Crippen LogP contribution in [0, 0.1) is 13.8 Å². The fraction of sp³-hybridized carbons (Fsp3) is 0.182. The van der Waals surface area contributed by atoms with Crippen molar-refractivity contribution in [2.45, 2.75) is 27.2 Å². The SMILES string of the molecule is C=C(/C=C\C(=CCC)c1ccc(C)cc1)c1ccc(C)cc1. The van der Waals surface area contributed by atoms with Gasteiger partial charge in [0, 0.05) is 0 Å². The van der Waals surface area contributed by atoms with E-state index in [0.717, 1.165) is 12.0 Å². The summed E-state index contributed by atoms with van der Waals surface area (Å²) in [6.45, 7) is 10.6. The zero-order chi connectivity index (χ0) is 15.9. The molecule has 0 N–H and O–H groups in total. The second kappa shape index (κ2) is 7.61. The first-order chi connectivity index (χ1) is 10.6. The van der Waals surface area contributed by atoms with Crippen molar-refractivity contribution in [1.82, 2.24) is 0 Å². The highest BCUT2D eigenvalue weighted by atomic mass is 14.0. The lowest BCUT2D eigenvalue weighted by atomic mass is 10.00. The van der Waals surface area contributed by atoms with Gasteiger partial charge in [-0.25, -0.2) is 0 Å². The molecular weight excluding hydrogens is 264 g/mol. The van der Waals surface area contributed by atoms with Crippen LogP contribution in [0.3, 0.4) is 0 Å². The highest BCUT2D eigenvalue weighted by Gasteiger charge is 1.99. The van der Waals surface area contributed by atoms with Gasteiger partial charge in [0.1, 0.15) is 0 Å². The fourth-order valence-corrected chi connectivity index (χ4v) is 2.30. The van der Waals surface area contributed by atoms with Crippen molar-refractivity contribution in [2.24, 2.45) is 0 Å². The summed E-state index contributed by atoms with van der Waals surface area (Å²) in [5, 5.41) is 0. The third kappa shape index (κ3) is 4.33. The molecule has 112 valence electrons. The molecule has 0 atom stereocenters. The van der Waals surface area contributed by atoms with Gasteiger partial charge in [-0.05, 0) is 42.5 Å². The summed E-state index contributed by atoms with van der Waals surface area (Å²) in [5.41, 5.74) is 7.26. The summed E-state index contributed by atoms with van der Waals surface area (Å²) in [6, 6.07) is 17.1. The summed E-state index contributed by atoms with van der Waals surface area (Å²) in [6.07, 6.45) is 7.54. The average Bonchev–Trinajstić information content (AvgIpc) is 2.53. The van der Waals surface area contributed by atoms with Crippen LogP contribution in [0.25, 0.3) is 11.1 Å². The third-order valence-corrected chi connectivity index (χ3v) is 3.70. The van der Waals surface area contributed by atoms with Crippen molar-refractivity contribution in [2.75, 3.05) is 0 Å². The molecule has 0 amide bonds. The molecule has 0 aliphatic rings. The third-order valence-electron chi connectivity index (χ3n) is 3.70. The van der Waals surface area contributed by atoms with E-state index in [1.807, 2.05) is 0 Å². The van der Waals surface area contributed by atoms with Gasteiger partial charge >= 0.3 is 0 Å². The first-order valence-electron chi connectivity index (χ1n) is 7.81. The van der Waals surface area contributed by atoms with E-state index >= 15 is 0 Å². The van der Waals surface area contributed by atoms with E-state index in [0.29, 0.717) is 0 Å². The normalized spacial score (nSPS) is 11.9. The molecular formula is C22H24. The van der Waals surface area contributed by atoms with E-state index in [-0.39, 0.29) is 0 Å². The number of rotatable bonds is 5. The summed E-state index contributed by atoms with van der Waals surface area (Å²) in [5.74, 6) is 0. The highest BCUT2D eigenvalue weighted by molar-refractivity contribution is 5.80. The molecule has 0 heteroatoms. The molecule has 0 aliphatic carbocycles. The van der Waals surface area contributed by atoms with Gasteiger partial charge in [0.15, 0.2) is 0 Å². The second-order valence-electron chi connectivity index (χ2n) is 5.66. The van der Waals surface area contributed by atoms with Gasteiger partial charge in [-0.2, -0.15) is 0 Å². The van der Waals surface area contributed by atoms with E-state index in [2.05, 4.69) is 94.1 Å². The van der Waals surface area contributed by atoms with Crippen LogP contribution in [0.1, 0.15) is 35.6 Å². The van der Waals surface area contributed by atoms with E-state index in [4.69, 9.17) is 0 Å². The van der Waals surface area contributed by atoms with Crippen LogP contribution in [0.15, 0.2) is 73.3 Å². The number of hydrogen-bond donors (Lipinski definition) is 0. The zero-order valence-electron chi connectivity index (χ0n) is 13.8. The fourth-order valence-electron chi connectivity index (χ4n) is 2.30. The molecule has 0 spiro atoms. The lowest BCUT2D eigenvalue weighted by Crippen LogP contribution is -1.84. The van der Waals surface area contributed by atoms with Crippen LogP contribution >= 0.6 is 0 Å². The van der Waals surface area contributed by atoms with Gasteiger partial charge in [-0.15, -0.1) is 0 Å². The lowest BCUT2D eigenvalue weighted by molar-refractivity contribution is 1.23. The van der Waals surface area contributed by atoms with Gasteiger partial charge in [0.25, 0.3) is 0 Å². The number of allylic oxidation sites excluding steroid dienone is 5. The molecule has 0 unspecified atom stereocenters. The Balaban J connectivity index is 2.20. The van der Waals surface area contributed by atoms with Gasteiger partial charge in [0.05, 0.1) is 0 Å². The molecule has 2 rings (SSSR count). The maximum atomic E-state index is 4.18. The Bertz CT molecular complexity index is 680. The molecule has 0 radical (unpaired) electrons. The van der Waals surface area contributed by atoms with E-state index < -0.39 is 0 Å². The van der Waals surface area contributed by atoms with Crippen molar-refractivity contribution in [3.05, 3.63) is 95.6 Å². The topological polar surface area (TPSA) is 0 Å². The molecule has 2 aromatic carbocycles. The summed E-state index contributed by atoms with van der Waals surface area (Å²) >= 11 is 0. The summed E-state index contributed by atoms with van der Waals surface area (Å²) in [4.78, 5) is 0. The minimum atomic E-state index is 1.02. The van der Waals surface area contributed by atoms with Crippen molar-refractivity contribution >= 4 is 11.1 Å². The van der Waals surface area contributed by atoms with Gasteiger partial charge < -0.3 is 0 Å². The average molecular weight is 288 g/mol. The van der Waals surface area contributed by atoms with Crippen LogP contribution in [0.5, 0.6) is 0 Å². The molecule has 0 fully saturated rings. The molecule has 0 bridgehead atoms. The van der Waals surface area contributed by atoms with Crippen molar-refractivity contribution < 1.29 is 0 Å². The van der Waals surface area contributed by atoms with Crippen LogP contribution in [0.2, 0.25) is 0 Å². The Kier molecular flexibility index (Phi) is 5.55. The van der Waals surface area contributed by atoms with Crippen molar-refractivity contribution in [3.8, 4) is 0 Å². The van der Waals surface area contributed by atoms with Crippen LogP contribution in [0.4, 0.5) is 0 Å². The number of hydrogen-bond acceptors (Lipinski definition) is 0. The van der Waals surface area contributed by atoms with E-state index in [9.17, 15) is 0 Å². The van der Waals surface area contributed by atoms with Crippen LogP contribution < -0.4 is 0 Å². The first kappa shape index (κ1) is 16.0. The smallest absolute Gasteiger partial charge is 0.0187 e. The Labute approximate surface area is 134 Å². The van der Waals surface area contributed by atoms with Crippen molar-refractivity contribution in [3.63, 3.8) is 0 Å². The standard InChI is InChI=1S/C22H24/c1-5-6-21(22-14-9-18(3)10-15-22)16-11-19(4)20-12-7-17(2)8-13-20/h6-16H,4-5H2,1-3H3/b16-11-,21-6?. The van der Waals surface area contributed by atoms with Crippen LogP contribution in [-0.2, 0) is 0 Å². The van der Waals surface area contributed by atoms with E-state index in [1.54, 1.807) is 0 Å². The maximum absolute atomic E-state index is 4.18. The minimum Gasteiger partial charge on any atom is -0.0912 e.